The van der Waals surface area contributed by atoms with Crippen molar-refractivity contribution in [2.75, 3.05) is 0 Å². The summed E-state index contributed by atoms with van der Waals surface area (Å²) >= 11 is 0. The Bertz CT molecular complexity index is 1490. The monoisotopic (exact) mass is 460 g/mol. The number of hydrogen-bond donors (Lipinski definition) is 0. The average molecular weight is 461 g/mol. The number of benzene rings is 2. The van der Waals surface area contributed by atoms with Gasteiger partial charge < -0.3 is 0 Å². The van der Waals surface area contributed by atoms with Crippen molar-refractivity contribution in [2.45, 2.75) is 64.7 Å². The van der Waals surface area contributed by atoms with Gasteiger partial charge in [0.25, 0.3) is 11.1 Å². The highest BCUT2D eigenvalue weighted by molar-refractivity contribution is 5.78. The highest BCUT2D eigenvalue weighted by atomic mass is 16.2. The maximum atomic E-state index is 13.2. The zero-order valence-electron chi connectivity index (χ0n) is 19.1. The predicted octanol–water partition coefficient (Wildman–Crippen LogP) is 2.69. The third kappa shape index (κ3) is 3.83. The smallest absolute Gasteiger partial charge is 0.293 e. The van der Waals surface area contributed by atoms with Gasteiger partial charge in [-0.3, -0.25) is 27.9 Å². The fourth-order valence-corrected chi connectivity index (χ4v) is 5.00. The number of aromatic nitrogens is 4. The van der Waals surface area contributed by atoms with E-state index in [4.69, 9.17) is 0 Å². The van der Waals surface area contributed by atoms with E-state index in [1.165, 1.54) is 9.13 Å². The largest absolute Gasteiger partial charge is 0.331 e. The molecule has 0 saturated carbocycles. The van der Waals surface area contributed by atoms with Gasteiger partial charge in [0.2, 0.25) is 0 Å². The lowest BCUT2D eigenvalue weighted by atomic mass is 10.2. The lowest BCUT2D eigenvalue weighted by Gasteiger charge is -2.16. The molecule has 5 rings (SSSR count). The van der Waals surface area contributed by atoms with Crippen LogP contribution in [0.4, 0.5) is 0 Å². The Morgan fingerprint density at radius 1 is 0.441 bits per heavy atom. The molecule has 8 nitrogen and oxygen atoms in total. The van der Waals surface area contributed by atoms with Crippen molar-refractivity contribution in [3.8, 4) is 0 Å². The molecule has 0 N–H and O–H groups in total. The summed E-state index contributed by atoms with van der Waals surface area (Å²) in [5.74, 6) is 0. The van der Waals surface area contributed by atoms with Crippen LogP contribution < -0.4 is 22.5 Å². The molecule has 34 heavy (non-hydrogen) atoms. The van der Waals surface area contributed by atoms with Crippen LogP contribution in [0, 0.1) is 0 Å². The first-order chi connectivity index (χ1) is 16.6. The molecule has 2 aromatic carbocycles. The summed E-state index contributed by atoms with van der Waals surface area (Å²) in [6, 6.07) is 14.6. The Morgan fingerprint density at radius 3 is 1.21 bits per heavy atom. The van der Waals surface area contributed by atoms with Crippen molar-refractivity contribution in [1.29, 1.82) is 0 Å². The van der Waals surface area contributed by atoms with Crippen LogP contribution in [-0.4, -0.2) is 18.3 Å². The van der Waals surface area contributed by atoms with E-state index in [1.54, 1.807) is 21.3 Å². The zero-order chi connectivity index (χ0) is 23.7. The van der Waals surface area contributed by atoms with E-state index in [0.29, 0.717) is 67.2 Å². The SMILES string of the molecule is O=c1c2ccccc2n2c(=O)n1CCCCCn1c(=O)c3ccccc3n(c1=O)CCCCC2. The van der Waals surface area contributed by atoms with Crippen LogP contribution in [0.15, 0.2) is 67.7 Å². The van der Waals surface area contributed by atoms with Crippen molar-refractivity contribution < 1.29 is 0 Å². The highest BCUT2D eigenvalue weighted by Crippen LogP contribution is 2.12. The molecule has 0 aliphatic carbocycles. The normalized spacial score (nSPS) is 15.5. The van der Waals surface area contributed by atoms with E-state index < -0.39 is 0 Å². The van der Waals surface area contributed by atoms with Crippen LogP contribution >= 0.6 is 0 Å². The Labute approximate surface area is 195 Å². The molecule has 0 amide bonds. The number of para-hydroxylation sites is 2. The summed E-state index contributed by atoms with van der Waals surface area (Å²) in [6.45, 7) is 1.66. The topological polar surface area (TPSA) is 88.0 Å². The van der Waals surface area contributed by atoms with E-state index in [2.05, 4.69) is 0 Å². The number of aryl methyl sites for hydroxylation is 2. The fraction of sp³-hybridized carbons (Fsp3) is 0.385. The first-order valence-corrected chi connectivity index (χ1v) is 12.0. The average Bonchev–Trinajstić information content (AvgIpc) is 2.85. The second-order valence-corrected chi connectivity index (χ2v) is 8.94. The maximum absolute atomic E-state index is 13.2. The standard InChI is InChI=1S/C26H28N4O4/c31-23-19-11-3-5-13-21(19)27-15-7-1-8-16-28-22-14-6-4-12-20(22)24(32)30(26(28)34)18-10-2-9-17-29(23)25(27)33/h3-6,11-14H,1-2,7-10,15-18H2. The Balaban J connectivity index is 1.53. The number of nitrogens with zero attached hydrogens (tertiary/aromatic N) is 4. The molecule has 0 fully saturated rings. The van der Waals surface area contributed by atoms with E-state index in [-0.39, 0.29) is 22.5 Å². The lowest BCUT2D eigenvalue weighted by molar-refractivity contribution is 0.469. The van der Waals surface area contributed by atoms with Gasteiger partial charge in [0.1, 0.15) is 0 Å². The molecule has 0 radical (unpaired) electrons. The molecule has 0 atom stereocenters. The minimum Gasteiger partial charge on any atom is -0.293 e. The molecule has 3 heterocycles. The van der Waals surface area contributed by atoms with Crippen molar-refractivity contribution in [1.82, 2.24) is 18.3 Å². The van der Waals surface area contributed by atoms with Gasteiger partial charge in [-0.2, -0.15) is 0 Å². The lowest BCUT2D eigenvalue weighted by Crippen LogP contribution is -2.41. The van der Waals surface area contributed by atoms with Gasteiger partial charge in [-0.15, -0.1) is 0 Å². The third-order valence-corrected chi connectivity index (χ3v) is 6.79. The molecule has 4 bridgehead atoms. The van der Waals surface area contributed by atoms with Crippen LogP contribution in [0.3, 0.4) is 0 Å². The van der Waals surface area contributed by atoms with Gasteiger partial charge in [-0.05, 0) is 62.8 Å². The van der Waals surface area contributed by atoms with Gasteiger partial charge in [-0.1, -0.05) is 24.3 Å². The Hall–Kier alpha value is -3.68. The molecule has 1 aliphatic heterocycles. The van der Waals surface area contributed by atoms with Crippen LogP contribution in [0.25, 0.3) is 21.8 Å². The van der Waals surface area contributed by atoms with Gasteiger partial charge in [0.05, 0.1) is 21.8 Å². The van der Waals surface area contributed by atoms with Gasteiger partial charge in [0.15, 0.2) is 0 Å². The van der Waals surface area contributed by atoms with E-state index in [9.17, 15) is 19.2 Å². The third-order valence-electron chi connectivity index (χ3n) is 6.79. The Morgan fingerprint density at radius 2 is 0.794 bits per heavy atom. The minimum absolute atomic E-state index is 0.258. The summed E-state index contributed by atoms with van der Waals surface area (Å²) in [4.78, 5) is 52.4. The van der Waals surface area contributed by atoms with E-state index in [1.807, 2.05) is 36.4 Å². The first-order valence-electron chi connectivity index (χ1n) is 12.0. The number of hydrogen-bond acceptors (Lipinski definition) is 4. The summed E-state index contributed by atoms with van der Waals surface area (Å²) in [5, 5.41) is 1.12. The minimum atomic E-state index is -0.264. The van der Waals surface area contributed by atoms with E-state index in [0.717, 1.165) is 19.3 Å². The van der Waals surface area contributed by atoms with Crippen LogP contribution in [-0.2, 0) is 26.2 Å². The van der Waals surface area contributed by atoms with Crippen molar-refractivity contribution >= 4 is 21.8 Å². The molecule has 0 spiro atoms. The van der Waals surface area contributed by atoms with Crippen molar-refractivity contribution in [3.63, 3.8) is 0 Å². The predicted molar refractivity (Wildman–Crippen MR) is 133 cm³/mol. The van der Waals surface area contributed by atoms with Crippen LogP contribution in [0.5, 0.6) is 0 Å². The molecule has 8 heteroatoms. The summed E-state index contributed by atoms with van der Waals surface area (Å²) in [6.07, 6.45) is 4.22. The van der Waals surface area contributed by atoms with Crippen molar-refractivity contribution in [3.05, 3.63) is 90.2 Å². The molecular weight excluding hydrogens is 432 g/mol. The molecule has 0 unspecified atom stereocenters. The molecule has 4 aromatic rings. The van der Waals surface area contributed by atoms with Gasteiger partial charge in [0, 0.05) is 26.2 Å². The van der Waals surface area contributed by atoms with Gasteiger partial charge >= 0.3 is 11.4 Å². The molecule has 1 aliphatic rings. The summed E-state index contributed by atoms with van der Waals surface area (Å²) < 4.78 is 6.10. The quantitative estimate of drug-likeness (QED) is 0.404. The number of fused-ring (bicyclic) bond motifs is 8. The summed E-state index contributed by atoms with van der Waals surface area (Å²) in [7, 11) is 0. The van der Waals surface area contributed by atoms with Crippen LogP contribution in [0.1, 0.15) is 38.5 Å². The van der Waals surface area contributed by atoms with Crippen LogP contribution in [0.2, 0.25) is 0 Å². The number of rotatable bonds is 0. The maximum Gasteiger partial charge on any atom is 0.331 e. The molecule has 2 aromatic heterocycles. The highest BCUT2D eigenvalue weighted by Gasteiger charge is 2.15. The summed E-state index contributed by atoms with van der Waals surface area (Å²) in [5.41, 5.74) is 0.297. The second kappa shape index (κ2) is 9.29. The molecule has 176 valence electrons. The fourth-order valence-electron chi connectivity index (χ4n) is 5.00. The first kappa shape index (κ1) is 22.1. The van der Waals surface area contributed by atoms with Crippen molar-refractivity contribution in [2.24, 2.45) is 0 Å². The van der Waals surface area contributed by atoms with E-state index >= 15 is 0 Å². The molecular formula is C26H28N4O4. The Kier molecular flexibility index (Phi) is 6.04. The zero-order valence-corrected chi connectivity index (χ0v) is 19.1. The second-order valence-electron chi connectivity index (χ2n) is 8.94. The van der Waals surface area contributed by atoms with Gasteiger partial charge in [-0.25, -0.2) is 9.59 Å². The molecule has 0 saturated heterocycles.